The van der Waals surface area contributed by atoms with Gasteiger partial charge in [0.05, 0.1) is 11.9 Å². The first-order valence-corrected chi connectivity index (χ1v) is 9.82. The standard InChI is InChI=1S/C21H23N6O2/c1-15(28)24-9-11-25(12-10-24)18-13-26-19(23-18)14-27(29)20-17(7-8-22-21(20)26)16-5-3-2-4-6-16/h2-7,13-14,22-23H,8-12H2,1H3/q-1. The topological polar surface area (TPSA) is 77.2 Å². The summed E-state index contributed by atoms with van der Waals surface area (Å²) in [5.41, 5.74) is 2.57. The van der Waals surface area contributed by atoms with Crippen molar-refractivity contribution in [2.75, 3.05) is 32.7 Å². The number of allylic oxidation sites excluding steroid dienone is 1. The molecule has 0 saturated carbocycles. The van der Waals surface area contributed by atoms with Crippen LogP contribution in [-0.4, -0.2) is 58.4 Å². The SMILES string of the molecule is CC(=O)N1CCN(C2=CN3C(=CN([O-])C4=C3NCC=C4c3ccccc3)N2)CC1. The molecule has 0 unspecified atom stereocenters. The Labute approximate surface area is 169 Å². The molecule has 4 heterocycles. The molecule has 1 aromatic rings. The number of hydrogen-bond donors (Lipinski definition) is 2. The van der Waals surface area contributed by atoms with Crippen molar-refractivity contribution in [3.63, 3.8) is 0 Å². The predicted molar refractivity (Wildman–Crippen MR) is 110 cm³/mol. The second-order valence-corrected chi connectivity index (χ2v) is 7.40. The highest BCUT2D eigenvalue weighted by atomic mass is 16.5. The van der Waals surface area contributed by atoms with Crippen LogP contribution in [0, 0.1) is 5.21 Å². The van der Waals surface area contributed by atoms with Crippen molar-refractivity contribution in [2.45, 2.75) is 6.92 Å². The first-order chi connectivity index (χ1) is 14.1. The fourth-order valence-electron chi connectivity index (χ4n) is 4.15. The Balaban J connectivity index is 1.43. The Hall–Kier alpha value is -3.39. The zero-order valence-corrected chi connectivity index (χ0v) is 16.3. The van der Waals surface area contributed by atoms with Gasteiger partial charge in [0, 0.05) is 51.4 Å². The number of dihydropyridines is 1. The number of carbonyl (C=O) groups excluding carboxylic acids is 1. The molecule has 8 heteroatoms. The van der Waals surface area contributed by atoms with Gasteiger partial charge in [-0.1, -0.05) is 36.4 Å². The fraction of sp³-hybridized carbons (Fsp3) is 0.286. The molecular formula is C21H23N6O2-. The smallest absolute Gasteiger partial charge is 0.219 e. The Morgan fingerprint density at radius 2 is 1.79 bits per heavy atom. The minimum atomic E-state index is 0.113. The van der Waals surface area contributed by atoms with Gasteiger partial charge >= 0.3 is 0 Å². The van der Waals surface area contributed by atoms with Gasteiger partial charge in [-0.2, -0.15) is 0 Å². The van der Waals surface area contributed by atoms with Crippen molar-refractivity contribution in [1.29, 1.82) is 0 Å². The van der Waals surface area contributed by atoms with Crippen LogP contribution in [0.3, 0.4) is 0 Å². The fourth-order valence-corrected chi connectivity index (χ4v) is 4.15. The minimum absolute atomic E-state index is 0.113. The summed E-state index contributed by atoms with van der Waals surface area (Å²) >= 11 is 0. The summed E-state index contributed by atoms with van der Waals surface area (Å²) in [6.07, 6.45) is 5.66. The molecular weight excluding hydrogens is 368 g/mol. The summed E-state index contributed by atoms with van der Waals surface area (Å²) in [4.78, 5) is 17.7. The third-order valence-electron chi connectivity index (χ3n) is 5.67. The van der Waals surface area contributed by atoms with Gasteiger partial charge in [0.15, 0.2) is 0 Å². The second kappa shape index (κ2) is 6.89. The first-order valence-electron chi connectivity index (χ1n) is 9.82. The van der Waals surface area contributed by atoms with Crippen molar-refractivity contribution < 1.29 is 4.79 Å². The van der Waals surface area contributed by atoms with E-state index in [-0.39, 0.29) is 5.91 Å². The van der Waals surface area contributed by atoms with Crippen LogP contribution in [0.1, 0.15) is 12.5 Å². The summed E-state index contributed by atoms with van der Waals surface area (Å²) < 4.78 is 0. The van der Waals surface area contributed by atoms with Gasteiger partial charge in [0.1, 0.15) is 17.5 Å². The molecule has 2 N–H and O–H groups in total. The molecule has 8 nitrogen and oxygen atoms in total. The molecule has 1 saturated heterocycles. The summed E-state index contributed by atoms with van der Waals surface area (Å²) in [5.74, 6) is 2.56. The number of rotatable bonds is 2. The average molecular weight is 391 g/mol. The highest BCUT2D eigenvalue weighted by Crippen LogP contribution is 2.37. The number of nitrogens with zero attached hydrogens (tertiary/aromatic N) is 4. The van der Waals surface area contributed by atoms with Crippen LogP contribution < -0.4 is 10.6 Å². The van der Waals surface area contributed by atoms with Crippen LogP contribution in [0.15, 0.2) is 72.0 Å². The third kappa shape index (κ3) is 3.01. The Morgan fingerprint density at radius 1 is 1.03 bits per heavy atom. The monoisotopic (exact) mass is 391 g/mol. The normalized spacial score (nSPS) is 21.0. The lowest BCUT2D eigenvalue weighted by molar-refractivity contribution is -0.130. The summed E-state index contributed by atoms with van der Waals surface area (Å²) in [7, 11) is 0. The Bertz CT molecular complexity index is 957. The number of benzene rings is 1. The number of hydroxylamine groups is 2. The predicted octanol–water partition coefficient (Wildman–Crippen LogP) is 1.32. The van der Waals surface area contributed by atoms with Gasteiger partial charge < -0.3 is 30.7 Å². The zero-order chi connectivity index (χ0) is 20.0. The van der Waals surface area contributed by atoms with Crippen LogP contribution in [0.25, 0.3) is 5.57 Å². The van der Waals surface area contributed by atoms with E-state index in [2.05, 4.69) is 15.5 Å². The molecule has 29 heavy (non-hydrogen) atoms. The minimum Gasteiger partial charge on any atom is -0.754 e. The molecule has 0 bridgehead atoms. The van der Waals surface area contributed by atoms with Crippen molar-refractivity contribution in [2.24, 2.45) is 0 Å². The molecule has 0 radical (unpaired) electrons. The highest BCUT2D eigenvalue weighted by Gasteiger charge is 2.33. The molecule has 1 amide bonds. The number of nitrogens with one attached hydrogen (secondary N) is 2. The maximum Gasteiger partial charge on any atom is 0.219 e. The summed E-state index contributed by atoms with van der Waals surface area (Å²) in [5, 5.41) is 20.6. The molecule has 0 aromatic heterocycles. The van der Waals surface area contributed by atoms with E-state index in [1.54, 1.807) is 13.1 Å². The van der Waals surface area contributed by atoms with Crippen molar-refractivity contribution >= 4 is 11.5 Å². The van der Waals surface area contributed by atoms with Crippen LogP contribution >= 0.6 is 0 Å². The number of carbonyl (C=O) groups is 1. The van der Waals surface area contributed by atoms with E-state index < -0.39 is 0 Å². The van der Waals surface area contributed by atoms with Gasteiger partial charge in [-0.25, -0.2) is 0 Å². The second-order valence-electron chi connectivity index (χ2n) is 7.40. The Kier molecular flexibility index (Phi) is 4.21. The Morgan fingerprint density at radius 3 is 2.52 bits per heavy atom. The van der Waals surface area contributed by atoms with E-state index in [1.165, 1.54) is 0 Å². The first kappa shape index (κ1) is 17.7. The molecule has 5 rings (SSSR count). The molecule has 0 atom stereocenters. The number of hydrogen-bond acceptors (Lipinski definition) is 7. The van der Waals surface area contributed by atoms with Crippen LogP contribution in [0.5, 0.6) is 0 Å². The van der Waals surface area contributed by atoms with E-state index >= 15 is 0 Å². The van der Waals surface area contributed by atoms with Gasteiger partial charge in [-0.05, 0) is 5.56 Å². The lowest BCUT2D eigenvalue weighted by Crippen LogP contribution is -2.48. The average Bonchev–Trinajstić information content (AvgIpc) is 3.18. The van der Waals surface area contributed by atoms with E-state index in [9.17, 15) is 10.0 Å². The van der Waals surface area contributed by atoms with E-state index in [4.69, 9.17) is 0 Å². The van der Waals surface area contributed by atoms with Crippen molar-refractivity contribution in [3.05, 3.63) is 82.7 Å². The lowest BCUT2D eigenvalue weighted by Gasteiger charge is -2.42. The van der Waals surface area contributed by atoms with E-state index in [0.29, 0.717) is 25.3 Å². The van der Waals surface area contributed by atoms with Crippen LogP contribution in [-0.2, 0) is 4.79 Å². The quantitative estimate of drug-likeness (QED) is 0.787. The zero-order valence-electron chi connectivity index (χ0n) is 16.3. The van der Waals surface area contributed by atoms with E-state index in [0.717, 1.165) is 46.8 Å². The molecule has 0 aliphatic carbocycles. The van der Waals surface area contributed by atoms with Crippen molar-refractivity contribution in [1.82, 2.24) is 30.4 Å². The molecule has 0 spiro atoms. The molecule has 150 valence electrons. The van der Waals surface area contributed by atoms with Crippen LogP contribution in [0.2, 0.25) is 0 Å². The lowest BCUT2D eigenvalue weighted by atomic mass is 9.99. The molecule has 1 aromatic carbocycles. The molecule has 4 aliphatic rings. The highest BCUT2D eigenvalue weighted by molar-refractivity contribution is 5.81. The number of fused-ring (bicyclic) bond motifs is 2. The van der Waals surface area contributed by atoms with Gasteiger partial charge in [-0.3, -0.25) is 9.69 Å². The van der Waals surface area contributed by atoms with Gasteiger partial charge in [0.2, 0.25) is 5.91 Å². The maximum atomic E-state index is 12.9. The van der Waals surface area contributed by atoms with Gasteiger partial charge in [-0.15, -0.1) is 0 Å². The maximum absolute atomic E-state index is 12.9. The van der Waals surface area contributed by atoms with Gasteiger partial charge in [0.25, 0.3) is 0 Å². The third-order valence-corrected chi connectivity index (χ3v) is 5.67. The molecule has 1 fully saturated rings. The van der Waals surface area contributed by atoms with Crippen molar-refractivity contribution in [3.8, 4) is 0 Å². The molecule has 4 aliphatic heterocycles. The largest absolute Gasteiger partial charge is 0.754 e. The number of amides is 1. The van der Waals surface area contributed by atoms with Crippen LogP contribution in [0.4, 0.5) is 0 Å². The van der Waals surface area contributed by atoms with E-state index in [1.807, 2.05) is 52.4 Å². The summed E-state index contributed by atoms with van der Waals surface area (Å²) in [6.45, 7) is 5.19. The summed E-state index contributed by atoms with van der Waals surface area (Å²) in [6, 6.07) is 9.97. The number of piperazine rings is 1.